The molecule has 19 heavy (non-hydrogen) atoms. The third-order valence-electron chi connectivity index (χ3n) is 2.69. The van der Waals surface area contributed by atoms with Crippen molar-refractivity contribution in [1.29, 1.82) is 5.26 Å². The minimum atomic E-state index is 0.225. The first-order chi connectivity index (χ1) is 9.15. The van der Waals surface area contributed by atoms with Crippen molar-refractivity contribution in [3.63, 3.8) is 0 Å². The molecule has 0 saturated carbocycles. The second-order valence-corrected chi connectivity index (χ2v) is 4.31. The van der Waals surface area contributed by atoms with E-state index in [2.05, 4.69) is 4.98 Å². The monoisotopic (exact) mass is 273 g/mol. The fourth-order valence-corrected chi connectivity index (χ4v) is 1.88. The van der Waals surface area contributed by atoms with Crippen molar-refractivity contribution in [1.82, 2.24) is 4.98 Å². The number of nitrogens with two attached hydrogens (primary N) is 1. The van der Waals surface area contributed by atoms with Crippen LogP contribution >= 0.6 is 11.6 Å². The first-order valence-corrected chi connectivity index (χ1v) is 6.14. The van der Waals surface area contributed by atoms with Gasteiger partial charge in [0.1, 0.15) is 17.5 Å². The molecule has 0 unspecified atom stereocenters. The van der Waals surface area contributed by atoms with Crippen molar-refractivity contribution in [2.75, 3.05) is 5.73 Å². The topological polar surface area (TPSA) is 71.9 Å². The second-order valence-electron chi connectivity index (χ2n) is 3.90. The Morgan fingerprint density at radius 1 is 1.42 bits per heavy atom. The lowest BCUT2D eigenvalue weighted by Crippen LogP contribution is -1.98. The quantitative estimate of drug-likeness (QED) is 0.928. The molecule has 0 atom stereocenters. The van der Waals surface area contributed by atoms with Gasteiger partial charge in [-0.2, -0.15) is 5.26 Å². The predicted octanol–water partition coefficient (Wildman–Crippen LogP) is 3.54. The third-order valence-corrected chi connectivity index (χ3v) is 3.06. The van der Waals surface area contributed by atoms with Crippen LogP contribution in [0.15, 0.2) is 30.5 Å². The molecule has 0 amide bonds. The van der Waals surface area contributed by atoms with Crippen molar-refractivity contribution in [2.24, 2.45) is 0 Å². The Labute approximate surface area is 116 Å². The number of halogens is 1. The van der Waals surface area contributed by atoms with Crippen molar-refractivity contribution in [3.05, 3.63) is 46.6 Å². The Balaban J connectivity index is 2.34. The van der Waals surface area contributed by atoms with Gasteiger partial charge >= 0.3 is 0 Å². The number of ether oxygens (including phenoxy) is 1. The van der Waals surface area contributed by atoms with Crippen LogP contribution in [-0.2, 0) is 6.42 Å². The molecule has 0 spiro atoms. The number of anilines is 1. The number of aromatic nitrogens is 1. The molecule has 5 heteroatoms. The van der Waals surface area contributed by atoms with E-state index >= 15 is 0 Å². The molecular weight excluding hydrogens is 262 g/mol. The zero-order valence-electron chi connectivity index (χ0n) is 10.4. The summed E-state index contributed by atoms with van der Waals surface area (Å²) in [7, 11) is 0. The number of benzene rings is 1. The SMILES string of the molecule is CCc1cc(Oc2nccc(C#N)c2N)ccc1Cl. The van der Waals surface area contributed by atoms with E-state index < -0.39 is 0 Å². The zero-order chi connectivity index (χ0) is 13.8. The Kier molecular flexibility index (Phi) is 3.88. The lowest BCUT2D eigenvalue weighted by Gasteiger charge is -2.09. The highest BCUT2D eigenvalue weighted by Gasteiger charge is 2.09. The number of nitrogens with zero attached hydrogens (tertiary/aromatic N) is 2. The van der Waals surface area contributed by atoms with Gasteiger partial charge in [-0.05, 0) is 36.2 Å². The molecule has 1 heterocycles. The van der Waals surface area contributed by atoms with Crippen LogP contribution in [0.3, 0.4) is 0 Å². The molecule has 96 valence electrons. The smallest absolute Gasteiger partial charge is 0.244 e. The molecule has 4 nitrogen and oxygen atoms in total. The summed E-state index contributed by atoms with van der Waals surface area (Å²) in [5, 5.41) is 9.59. The van der Waals surface area contributed by atoms with Crippen molar-refractivity contribution < 1.29 is 4.74 Å². The summed E-state index contributed by atoms with van der Waals surface area (Å²) in [5.74, 6) is 0.818. The van der Waals surface area contributed by atoms with E-state index in [9.17, 15) is 0 Å². The fraction of sp³-hybridized carbons (Fsp3) is 0.143. The molecular formula is C14H12ClN3O. The normalized spacial score (nSPS) is 9.95. The number of pyridine rings is 1. The summed E-state index contributed by atoms with van der Waals surface area (Å²) in [5.41, 5.74) is 7.36. The van der Waals surface area contributed by atoms with E-state index in [4.69, 9.17) is 27.3 Å². The molecule has 2 aromatic rings. The van der Waals surface area contributed by atoms with Crippen molar-refractivity contribution in [2.45, 2.75) is 13.3 Å². The Morgan fingerprint density at radius 3 is 2.89 bits per heavy atom. The van der Waals surface area contributed by atoms with Gasteiger partial charge in [-0.15, -0.1) is 0 Å². The average molecular weight is 274 g/mol. The fourth-order valence-electron chi connectivity index (χ4n) is 1.63. The van der Waals surface area contributed by atoms with E-state index in [0.717, 1.165) is 12.0 Å². The van der Waals surface area contributed by atoms with Gasteiger partial charge in [0.05, 0.1) is 5.56 Å². The summed E-state index contributed by atoms with van der Waals surface area (Å²) in [6.45, 7) is 2.01. The highest BCUT2D eigenvalue weighted by atomic mass is 35.5. The van der Waals surface area contributed by atoms with Gasteiger partial charge in [0.15, 0.2) is 0 Å². The first kappa shape index (κ1) is 13.2. The molecule has 2 N–H and O–H groups in total. The van der Waals surface area contributed by atoms with Crippen LogP contribution in [0.4, 0.5) is 5.69 Å². The summed E-state index contributed by atoms with van der Waals surface area (Å²) in [4.78, 5) is 4.03. The third kappa shape index (κ3) is 2.78. The maximum atomic E-state index is 8.90. The number of rotatable bonds is 3. The molecule has 0 aliphatic carbocycles. The van der Waals surface area contributed by atoms with Crippen LogP contribution in [-0.4, -0.2) is 4.98 Å². The minimum Gasteiger partial charge on any atom is -0.437 e. The maximum Gasteiger partial charge on any atom is 0.244 e. The minimum absolute atomic E-state index is 0.225. The van der Waals surface area contributed by atoms with Gasteiger partial charge in [-0.3, -0.25) is 0 Å². The molecule has 0 fully saturated rings. The van der Waals surface area contributed by atoms with Crippen LogP contribution in [0.1, 0.15) is 18.1 Å². The first-order valence-electron chi connectivity index (χ1n) is 5.76. The van der Waals surface area contributed by atoms with E-state index in [1.807, 2.05) is 19.1 Å². The summed E-state index contributed by atoms with van der Waals surface area (Å²) < 4.78 is 5.60. The van der Waals surface area contributed by atoms with E-state index in [-0.39, 0.29) is 11.6 Å². The highest BCUT2D eigenvalue weighted by Crippen LogP contribution is 2.29. The number of hydrogen-bond donors (Lipinski definition) is 1. The molecule has 1 aromatic heterocycles. The molecule has 0 radical (unpaired) electrons. The summed E-state index contributed by atoms with van der Waals surface area (Å²) in [6.07, 6.45) is 2.29. The maximum absolute atomic E-state index is 8.90. The standard InChI is InChI=1S/C14H12ClN3O/c1-2-9-7-11(3-4-12(9)15)19-14-13(17)10(8-16)5-6-18-14/h3-7H,2,17H2,1H3. The number of aryl methyl sites for hydroxylation is 1. The molecule has 2 rings (SSSR count). The Bertz CT molecular complexity index is 650. The van der Waals surface area contributed by atoms with E-state index in [0.29, 0.717) is 16.3 Å². The van der Waals surface area contributed by atoms with Gasteiger partial charge < -0.3 is 10.5 Å². The Hall–Kier alpha value is -2.25. The lowest BCUT2D eigenvalue weighted by atomic mass is 10.1. The Morgan fingerprint density at radius 2 is 2.21 bits per heavy atom. The highest BCUT2D eigenvalue weighted by molar-refractivity contribution is 6.31. The van der Waals surface area contributed by atoms with Gasteiger partial charge in [0.25, 0.3) is 0 Å². The van der Waals surface area contributed by atoms with Crippen LogP contribution in [0.2, 0.25) is 5.02 Å². The van der Waals surface area contributed by atoms with Crippen LogP contribution in [0.5, 0.6) is 11.6 Å². The number of nitrogen functional groups attached to an aromatic ring is 1. The van der Waals surface area contributed by atoms with E-state index in [1.165, 1.54) is 6.20 Å². The van der Waals surface area contributed by atoms with Crippen molar-refractivity contribution >= 4 is 17.3 Å². The van der Waals surface area contributed by atoms with Gasteiger partial charge in [-0.1, -0.05) is 18.5 Å². The van der Waals surface area contributed by atoms with Gasteiger partial charge in [0, 0.05) is 11.2 Å². The largest absolute Gasteiger partial charge is 0.437 e. The molecule has 0 saturated heterocycles. The number of nitriles is 1. The lowest BCUT2D eigenvalue weighted by molar-refractivity contribution is 0.465. The van der Waals surface area contributed by atoms with Crippen LogP contribution in [0, 0.1) is 11.3 Å². The summed E-state index contributed by atoms with van der Waals surface area (Å²) in [6, 6.07) is 8.87. The van der Waals surface area contributed by atoms with E-state index in [1.54, 1.807) is 18.2 Å². The number of hydrogen-bond acceptors (Lipinski definition) is 4. The second kappa shape index (κ2) is 5.59. The van der Waals surface area contributed by atoms with Gasteiger partial charge in [0.2, 0.25) is 5.88 Å². The van der Waals surface area contributed by atoms with Crippen LogP contribution < -0.4 is 10.5 Å². The predicted molar refractivity (Wildman–Crippen MR) is 74.3 cm³/mol. The van der Waals surface area contributed by atoms with Crippen molar-refractivity contribution in [3.8, 4) is 17.7 Å². The zero-order valence-corrected chi connectivity index (χ0v) is 11.1. The molecule has 1 aromatic carbocycles. The molecule has 0 aliphatic rings. The average Bonchev–Trinajstić information content (AvgIpc) is 2.43. The van der Waals surface area contributed by atoms with Crippen LogP contribution in [0.25, 0.3) is 0 Å². The molecule has 0 bridgehead atoms. The summed E-state index contributed by atoms with van der Waals surface area (Å²) >= 11 is 6.04. The van der Waals surface area contributed by atoms with Gasteiger partial charge in [-0.25, -0.2) is 4.98 Å². The molecule has 0 aliphatic heterocycles.